The fourth-order valence-corrected chi connectivity index (χ4v) is 3.01. The lowest BCUT2D eigenvalue weighted by Crippen LogP contribution is -2.48. The Morgan fingerprint density at radius 3 is 2.79 bits per heavy atom. The highest BCUT2D eigenvalue weighted by atomic mass is 35.5. The number of rotatable bonds is 5. The molecule has 7 heteroatoms. The lowest BCUT2D eigenvalue weighted by molar-refractivity contribution is 0.0543. The molecule has 1 aliphatic heterocycles. The van der Waals surface area contributed by atoms with E-state index in [1.54, 1.807) is 18.6 Å². The molecule has 3 aromatic rings. The molecule has 6 nitrogen and oxygen atoms in total. The molecule has 1 fully saturated rings. The molecule has 1 saturated heterocycles. The summed E-state index contributed by atoms with van der Waals surface area (Å²) in [6.07, 6.45) is 6.51. The number of likely N-dealkylation sites (tertiary alicyclic amines) is 1. The zero-order chi connectivity index (χ0) is 16.4. The Labute approximate surface area is 144 Å². The van der Waals surface area contributed by atoms with E-state index in [-0.39, 0.29) is 0 Å². The van der Waals surface area contributed by atoms with Crippen molar-refractivity contribution in [1.29, 1.82) is 0 Å². The largest absolute Gasteiger partial charge is 0.476 e. The van der Waals surface area contributed by atoms with E-state index in [9.17, 15) is 0 Å². The lowest BCUT2D eigenvalue weighted by atomic mass is 10.0. The van der Waals surface area contributed by atoms with Crippen LogP contribution < -0.4 is 4.74 Å². The Morgan fingerprint density at radius 1 is 1.12 bits per heavy atom. The summed E-state index contributed by atoms with van der Waals surface area (Å²) in [5, 5.41) is 0.349. The summed E-state index contributed by atoms with van der Waals surface area (Å²) in [4.78, 5) is 19.1. The number of aromatic nitrogens is 4. The minimum Gasteiger partial charge on any atom is -0.476 e. The van der Waals surface area contributed by atoms with E-state index in [0.717, 1.165) is 30.7 Å². The summed E-state index contributed by atoms with van der Waals surface area (Å²) in [5.74, 6) is 0.986. The summed E-state index contributed by atoms with van der Waals surface area (Å²) in [6, 6.07) is 6.24. The standard InChI is InChI=1S/C17H16ClN5O/c18-16-6-19-7-17(22-16)24-11-13-9-23(10-13)8-12-1-2-14-15(5-12)21-4-3-20-14/h1-7,13H,8-11H2. The van der Waals surface area contributed by atoms with Gasteiger partial charge >= 0.3 is 0 Å². The molecule has 0 bridgehead atoms. The van der Waals surface area contributed by atoms with Gasteiger partial charge in [-0.3, -0.25) is 19.9 Å². The number of nitrogens with zero attached hydrogens (tertiary/aromatic N) is 5. The van der Waals surface area contributed by atoms with Gasteiger partial charge in [0.05, 0.1) is 30.0 Å². The van der Waals surface area contributed by atoms with Crippen molar-refractivity contribution >= 4 is 22.6 Å². The molecular formula is C17H16ClN5O. The van der Waals surface area contributed by atoms with Gasteiger partial charge in [0.1, 0.15) is 0 Å². The Kier molecular flexibility index (Phi) is 4.23. The Hall–Kier alpha value is -2.31. The summed E-state index contributed by atoms with van der Waals surface area (Å²) in [5.41, 5.74) is 3.12. The highest BCUT2D eigenvalue weighted by Crippen LogP contribution is 2.21. The van der Waals surface area contributed by atoms with Crippen molar-refractivity contribution in [2.75, 3.05) is 19.7 Å². The van der Waals surface area contributed by atoms with Gasteiger partial charge in [0.25, 0.3) is 0 Å². The predicted molar refractivity (Wildman–Crippen MR) is 90.8 cm³/mol. The molecule has 4 rings (SSSR count). The number of hydrogen-bond donors (Lipinski definition) is 0. The van der Waals surface area contributed by atoms with Crippen molar-refractivity contribution in [2.24, 2.45) is 5.92 Å². The molecule has 0 N–H and O–H groups in total. The molecular weight excluding hydrogens is 326 g/mol. The van der Waals surface area contributed by atoms with Crippen LogP contribution in [0.1, 0.15) is 5.56 Å². The Bertz CT molecular complexity index is 853. The first-order valence-corrected chi connectivity index (χ1v) is 8.16. The van der Waals surface area contributed by atoms with Crippen LogP contribution in [0.25, 0.3) is 11.0 Å². The van der Waals surface area contributed by atoms with Gasteiger partial charge in [0.15, 0.2) is 5.15 Å². The minimum atomic E-state index is 0.349. The van der Waals surface area contributed by atoms with Crippen molar-refractivity contribution in [3.63, 3.8) is 0 Å². The highest BCUT2D eigenvalue weighted by Gasteiger charge is 2.27. The second-order valence-electron chi connectivity index (χ2n) is 5.93. The zero-order valence-electron chi connectivity index (χ0n) is 13.0. The summed E-state index contributed by atoms with van der Waals surface area (Å²) in [7, 11) is 0. The van der Waals surface area contributed by atoms with Crippen LogP contribution in [0.15, 0.2) is 43.0 Å². The molecule has 0 saturated carbocycles. The summed E-state index contributed by atoms with van der Waals surface area (Å²) in [6.45, 7) is 3.56. The maximum Gasteiger partial charge on any atom is 0.233 e. The van der Waals surface area contributed by atoms with Gasteiger partial charge in [-0.15, -0.1) is 0 Å². The van der Waals surface area contributed by atoms with Crippen molar-refractivity contribution in [1.82, 2.24) is 24.8 Å². The first kappa shape index (κ1) is 15.2. The monoisotopic (exact) mass is 341 g/mol. The smallest absolute Gasteiger partial charge is 0.233 e. The van der Waals surface area contributed by atoms with Gasteiger partial charge in [0.2, 0.25) is 5.88 Å². The highest BCUT2D eigenvalue weighted by molar-refractivity contribution is 6.29. The summed E-state index contributed by atoms with van der Waals surface area (Å²) < 4.78 is 5.64. The SMILES string of the molecule is Clc1cncc(OCC2CN(Cc3ccc4nccnc4c3)C2)n1. The first-order chi connectivity index (χ1) is 11.8. The first-order valence-electron chi connectivity index (χ1n) is 7.78. The molecule has 2 aromatic heterocycles. The van der Waals surface area contributed by atoms with E-state index < -0.39 is 0 Å². The average Bonchev–Trinajstić information content (AvgIpc) is 2.56. The molecule has 1 aliphatic rings. The Balaban J connectivity index is 1.28. The van der Waals surface area contributed by atoms with Gasteiger partial charge in [-0.2, -0.15) is 4.98 Å². The quantitative estimate of drug-likeness (QED) is 0.710. The van der Waals surface area contributed by atoms with E-state index >= 15 is 0 Å². The molecule has 0 radical (unpaired) electrons. The van der Waals surface area contributed by atoms with E-state index in [1.165, 1.54) is 11.8 Å². The van der Waals surface area contributed by atoms with Crippen LogP contribution in [0, 0.1) is 5.92 Å². The second kappa shape index (κ2) is 6.67. The Morgan fingerprint density at radius 2 is 1.96 bits per heavy atom. The number of ether oxygens (including phenoxy) is 1. The molecule has 0 amide bonds. The maximum atomic E-state index is 5.79. The summed E-state index contributed by atoms with van der Waals surface area (Å²) >= 11 is 5.79. The molecule has 0 aliphatic carbocycles. The maximum absolute atomic E-state index is 5.79. The average molecular weight is 342 g/mol. The van der Waals surface area contributed by atoms with Gasteiger partial charge in [-0.1, -0.05) is 17.7 Å². The van der Waals surface area contributed by atoms with Gasteiger partial charge < -0.3 is 4.74 Å². The normalized spacial score (nSPS) is 15.4. The fraction of sp³-hybridized carbons (Fsp3) is 0.294. The molecule has 122 valence electrons. The number of fused-ring (bicyclic) bond motifs is 1. The number of benzene rings is 1. The zero-order valence-corrected chi connectivity index (χ0v) is 13.7. The van der Waals surface area contributed by atoms with Gasteiger partial charge in [-0.05, 0) is 17.7 Å². The van der Waals surface area contributed by atoms with Gasteiger partial charge in [0, 0.05) is 37.9 Å². The lowest BCUT2D eigenvalue weighted by Gasteiger charge is -2.38. The fourth-order valence-electron chi connectivity index (χ4n) is 2.88. The predicted octanol–water partition coefficient (Wildman–Crippen LogP) is 2.58. The van der Waals surface area contributed by atoms with Crippen LogP contribution in [0.5, 0.6) is 5.88 Å². The van der Waals surface area contributed by atoms with Crippen LogP contribution in [0.2, 0.25) is 5.15 Å². The van der Waals surface area contributed by atoms with Crippen molar-refractivity contribution in [3.05, 3.63) is 53.7 Å². The second-order valence-corrected chi connectivity index (χ2v) is 6.32. The topological polar surface area (TPSA) is 64.0 Å². The van der Waals surface area contributed by atoms with Crippen molar-refractivity contribution in [3.8, 4) is 5.88 Å². The molecule has 0 atom stereocenters. The third-order valence-electron chi connectivity index (χ3n) is 4.02. The number of hydrogen-bond acceptors (Lipinski definition) is 6. The van der Waals surface area contributed by atoms with E-state index in [1.807, 2.05) is 6.07 Å². The van der Waals surface area contributed by atoms with E-state index in [0.29, 0.717) is 23.6 Å². The van der Waals surface area contributed by atoms with E-state index in [2.05, 4.69) is 37.0 Å². The van der Waals surface area contributed by atoms with Crippen LogP contribution in [-0.4, -0.2) is 44.5 Å². The van der Waals surface area contributed by atoms with Crippen molar-refractivity contribution < 1.29 is 4.74 Å². The van der Waals surface area contributed by atoms with Crippen LogP contribution in [0.3, 0.4) is 0 Å². The van der Waals surface area contributed by atoms with Crippen molar-refractivity contribution in [2.45, 2.75) is 6.54 Å². The third kappa shape index (κ3) is 3.44. The molecule has 0 spiro atoms. The van der Waals surface area contributed by atoms with Crippen LogP contribution in [-0.2, 0) is 6.54 Å². The van der Waals surface area contributed by atoms with E-state index in [4.69, 9.17) is 16.3 Å². The van der Waals surface area contributed by atoms with Crippen LogP contribution >= 0.6 is 11.6 Å². The third-order valence-corrected chi connectivity index (χ3v) is 4.20. The molecule has 0 unspecified atom stereocenters. The van der Waals surface area contributed by atoms with Crippen LogP contribution in [0.4, 0.5) is 0 Å². The molecule has 1 aromatic carbocycles. The molecule has 3 heterocycles. The number of halogens is 1. The van der Waals surface area contributed by atoms with Gasteiger partial charge in [-0.25, -0.2) is 0 Å². The minimum absolute atomic E-state index is 0.349. The molecule has 24 heavy (non-hydrogen) atoms.